The number of benzene rings is 1. The van der Waals surface area contributed by atoms with Crippen LogP contribution in [0, 0.1) is 0 Å². The molecule has 2 N–H and O–H groups in total. The maximum absolute atomic E-state index is 9.03. The summed E-state index contributed by atoms with van der Waals surface area (Å²) >= 11 is 0. The number of hydrogen-bond donors (Lipinski definition) is 2. The Morgan fingerprint density at radius 1 is 1.21 bits per heavy atom. The van der Waals surface area contributed by atoms with Crippen molar-refractivity contribution in [2.24, 2.45) is 0 Å². The molecule has 0 aromatic heterocycles. The van der Waals surface area contributed by atoms with Crippen molar-refractivity contribution in [2.75, 3.05) is 13.2 Å². The van der Waals surface area contributed by atoms with Gasteiger partial charge in [-0.2, -0.15) is 0 Å². The highest BCUT2D eigenvalue weighted by Gasteiger charge is 2.13. The SMILES string of the molecule is CC(C)(CO)NCCc1ccccc1. The summed E-state index contributed by atoms with van der Waals surface area (Å²) in [6, 6.07) is 10.4. The van der Waals surface area contributed by atoms with Crippen LogP contribution < -0.4 is 5.32 Å². The lowest BCUT2D eigenvalue weighted by Crippen LogP contribution is -2.43. The van der Waals surface area contributed by atoms with Crippen LogP contribution in [0.3, 0.4) is 0 Å². The lowest BCUT2D eigenvalue weighted by molar-refractivity contribution is 0.189. The summed E-state index contributed by atoms with van der Waals surface area (Å²) in [5.41, 5.74) is 1.16. The molecule has 0 spiro atoms. The van der Waals surface area contributed by atoms with E-state index in [-0.39, 0.29) is 12.1 Å². The Labute approximate surface area is 86.0 Å². The molecule has 0 fully saturated rings. The molecule has 0 heterocycles. The molecule has 0 unspecified atom stereocenters. The predicted octanol–water partition coefficient (Wildman–Crippen LogP) is 1.59. The van der Waals surface area contributed by atoms with Crippen molar-refractivity contribution in [3.05, 3.63) is 35.9 Å². The van der Waals surface area contributed by atoms with Crippen molar-refractivity contribution in [1.29, 1.82) is 0 Å². The average molecular weight is 193 g/mol. The van der Waals surface area contributed by atoms with Gasteiger partial charge in [-0.15, -0.1) is 0 Å². The molecule has 0 aliphatic rings. The van der Waals surface area contributed by atoms with Crippen LogP contribution in [0.2, 0.25) is 0 Å². The minimum atomic E-state index is -0.172. The van der Waals surface area contributed by atoms with E-state index in [9.17, 15) is 0 Å². The second kappa shape index (κ2) is 5.13. The summed E-state index contributed by atoms with van der Waals surface area (Å²) in [5, 5.41) is 12.3. The third-order valence-corrected chi connectivity index (χ3v) is 2.26. The molecule has 78 valence electrons. The molecule has 0 bridgehead atoms. The maximum Gasteiger partial charge on any atom is 0.0607 e. The van der Waals surface area contributed by atoms with Crippen molar-refractivity contribution in [3.63, 3.8) is 0 Å². The van der Waals surface area contributed by atoms with Gasteiger partial charge in [0.1, 0.15) is 0 Å². The van der Waals surface area contributed by atoms with Crippen LogP contribution in [0.15, 0.2) is 30.3 Å². The second-order valence-electron chi connectivity index (χ2n) is 4.20. The molecular weight excluding hydrogens is 174 g/mol. The van der Waals surface area contributed by atoms with Crippen molar-refractivity contribution < 1.29 is 5.11 Å². The first-order valence-corrected chi connectivity index (χ1v) is 5.04. The van der Waals surface area contributed by atoms with E-state index in [1.807, 2.05) is 32.0 Å². The number of aliphatic hydroxyl groups is 1. The highest BCUT2D eigenvalue weighted by molar-refractivity contribution is 5.14. The van der Waals surface area contributed by atoms with E-state index in [1.54, 1.807) is 0 Å². The van der Waals surface area contributed by atoms with Crippen LogP contribution in [0.25, 0.3) is 0 Å². The first kappa shape index (κ1) is 11.2. The topological polar surface area (TPSA) is 32.3 Å². The Hall–Kier alpha value is -0.860. The standard InChI is InChI=1S/C12H19NO/c1-12(2,10-14)13-9-8-11-6-4-3-5-7-11/h3-7,13-14H,8-10H2,1-2H3. The lowest BCUT2D eigenvalue weighted by Gasteiger charge is -2.23. The third kappa shape index (κ3) is 3.90. The van der Waals surface area contributed by atoms with Crippen LogP contribution in [0.4, 0.5) is 0 Å². The number of rotatable bonds is 5. The number of hydrogen-bond acceptors (Lipinski definition) is 2. The van der Waals surface area contributed by atoms with Gasteiger partial charge in [-0.05, 0) is 32.4 Å². The first-order chi connectivity index (χ1) is 6.64. The fourth-order valence-electron chi connectivity index (χ4n) is 1.25. The predicted molar refractivity (Wildman–Crippen MR) is 59.3 cm³/mol. The summed E-state index contributed by atoms with van der Waals surface area (Å²) in [4.78, 5) is 0. The van der Waals surface area contributed by atoms with E-state index in [0.29, 0.717) is 0 Å². The van der Waals surface area contributed by atoms with E-state index in [1.165, 1.54) is 5.56 Å². The van der Waals surface area contributed by atoms with E-state index in [0.717, 1.165) is 13.0 Å². The number of aliphatic hydroxyl groups excluding tert-OH is 1. The summed E-state index contributed by atoms with van der Waals surface area (Å²) in [6.07, 6.45) is 1.00. The largest absolute Gasteiger partial charge is 0.394 e. The van der Waals surface area contributed by atoms with Crippen molar-refractivity contribution in [3.8, 4) is 0 Å². The first-order valence-electron chi connectivity index (χ1n) is 5.04. The molecule has 1 aromatic rings. The van der Waals surface area contributed by atoms with Gasteiger partial charge in [0.15, 0.2) is 0 Å². The van der Waals surface area contributed by atoms with Gasteiger partial charge in [-0.3, -0.25) is 0 Å². The summed E-state index contributed by atoms with van der Waals surface area (Å²) in [7, 11) is 0. The zero-order valence-corrected chi connectivity index (χ0v) is 8.96. The Balaban J connectivity index is 2.29. The Bertz CT molecular complexity index is 256. The molecule has 0 saturated carbocycles. The molecule has 1 rings (SSSR count). The van der Waals surface area contributed by atoms with Crippen LogP contribution in [0.5, 0.6) is 0 Å². The van der Waals surface area contributed by atoms with E-state index in [2.05, 4.69) is 17.4 Å². The minimum absolute atomic E-state index is 0.168. The normalized spacial score (nSPS) is 11.6. The monoisotopic (exact) mass is 193 g/mol. The van der Waals surface area contributed by atoms with Gasteiger partial charge in [0.2, 0.25) is 0 Å². The molecule has 0 atom stereocenters. The molecule has 1 aromatic carbocycles. The zero-order valence-electron chi connectivity index (χ0n) is 8.96. The van der Waals surface area contributed by atoms with Gasteiger partial charge >= 0.3 is 0 Å². The smallest absolute Gasteiger partial charge is 0.0607 e. The lowest BCUT2D eigenvalue weighted by atomic mass is 10.1. The molecule has 0 radical (unpaired) electrons. The van der Waals surface area contributed by atoms with Crippen molar-refractivity contribution >= 4 is 0 Å². The summed E-state index contributed by atoms with van der Waals surface area (Å²) in [5.74, 6) is 0. The Morgan fingerprint density at radius 2 is 1.86 bits per heavy atom. The Morgan fingerprint density at radius 3 is 2.43 bits per heavy atom. The highest BCUT2D eigenvalue weighted by Crippen LogP contribution is 2.02. The van der Waals surface area contributed by atoms with Crippen molar-refractivity contribution in [1.82, 2.24) is 5.32 Å². The quantitative estimate of drug-likeness (QED) is 0.744. The molecular formula is C12H19NO. The van der Waals surface area contributed by atoms with Gasteiger partial charge in [0.25, 0.3) is 0 Å². The van der Waals surface area contributed by atoms with Crippen LogP contribution in [0.1, 0.15) is 19.4 Å². The third-order valence-electron chi connectivity index (χ3n) is 2.26. The zero-order chi connectivity index (χ0) is 10.4. The summed E-state index contributed by atoms with van der Waals surface area (Å²) < 4.78 is 0. The summed E-state index contributed by atoms with van der Waals surface area (Å²) in [6.45, 7) is 5.06. The fraction of sp³-hybridized carbons (Fsp3) is 0.500. The van der Waals surface area contributed by atoms with Gasteiger partial charge in [-0.25, -0.2) is 0 Å². The molecule has 2 heteroatoms. The van der Waals surface area contributed by atoms with Gasteiger partial charge < -0.3 is 10.4 Å². The van der Waals surface area contributed by atoms with E-state index >= 15 is 0 Å². The molecule has 14 heavy (non-hydrogen) atoms. The van der Waals surface area contributed by atoms with Gasteiger partial charge in [0.05, 0.1) is 6.61 Å². The highest BCUT2D eigenvalue weighted by atomic mass is 16.3. The maximum atomic E-state index is 9.03. The average Bonchev–Trinajstić information content (AvgIpc) is 2.19. The van der Waals surface area contributed by atoms with E-state index in [4.69, 9.17) is 5.11 Å². The fourth-order valence-corrected chi connectivity index (χ4v) is 1.25. The molecule has 2 nitrogen and oxygen atoms in total. The minimum Gasteiger partial charge on any atom is -0.394 e. The van der Waals surface area contributed by atoms with Crippen LogP contribution in [-0.2, 0) is 6.42 Å². The van der Waals surface area contributed by atoms with Crippen LogP contribution >= 0.6 is 0 Å². The second-order valence-corrected chi connectivity index (χ2v) is 4.20. The van der Waals surface area contributed by atoms with E-state index < -0.39 is 0 Å². The number of nitrogens with one attached hydrogen (secondary N) is 1. The Kier molecular flexibility index (Phi) is 4.11. The van der Waals surface area contributed by atoms with Crippen LogP contribution in [-0.4, -0.2) is 23.8 Å². The molecule has 0 amide bonds. The van der Waals surface area contributed by atoms with Gasteiger partial charge in [0, 0.05) is 5.54 Å². The van der Waals surface area contributed by atoms with Crippen molar-refractivity contribution in [2.45, 2.75) is 25.8 Å². The molecule has 0 saturated heterocycles. The van der Waals surface area contributed by atoms with Gasteiger partial charge in [-0.1, -0.05) is 30.3 Å². The molecule has 0 aliphatic carbocycles. The molecule has 0 aliphatic heterocycles.